The lowest BCUT2D eigenvalue weighted by atomic mass is 10.0. The summed E-state index contributed by atoms with van der Waals surface area (Å²) in [5, 5.41) is 0. The zero-order valence-electron chi connectivity index (χ0n) is 10.4. The van der Waals surface area contributed by atoms with Crippen LogP contribution >= 0.6 is 0 Å². The minimum Gasteiger partial charge on any atom is -0.493 e. The van der Waals surface area contributed by atoms with Gasteiger partial charge in [0.1, 0.15) is 5.75 Å². The third-order valence-electron chi connectivity index (χ3n) is 3.29. The van der Waals surface area contributed by atoms with Crippen molar-refractivity contribution in [3.05, 3.63) is 29.3 Å². The molecular weight excluding hydrogens is 214 g/mol. The number of rotatable bonds is 4. The molecule has 1 aromatic carbocycles. The van der Waals surface area contributed by atoms with Crippen LogP contribution in [-0.2, 0) is 11.3 Å². The summed E-state index contributed by atoms with van der Waals surface area (Å²) in [6, 6.07) is 6.16. The number of hydrogen-bond acceptors (Lipinski definition) is 3. The maximum Gasteiger partial charge on any atom is 0.122 e. The zero-order valence-corrected chi connectivity index (χ0v) is 10.4. The maximum absolute atomic E-state index is 5.88. The molecule has 94 valence electrons. The SMILES string of the molecule is Cc1cc(CN)ccc1OCC1CCOCC1. The Morgan fingerprint density at radius 3 is 2.76 bits per heavy atom. The van der Waals surface area contributed by atoms with Crippen LogP contribution in [0, 0.1) is 12.8 Å². The zero-order chi connectivity index (χ0) is 12.1. The summed E-state index contributed by atoms with van der Waals surface area (Å²) in [6.45, 7) is 5.20. The largest absolute Gasteiger partial charge is 0.493 e. The highest BCUT2D eigenvalue weighted by molar-refractivity contribution is 5.36. The maximum atomic E-state index is 5.88. The topological polar surface area (TPSA) is 44.5 Å². The molecule has 0 bridgehead atoms. The second-order valence-corrected chi connectivity index (χ2v) is 4.67. The second-order valence-electron chi connectivity index (χ2n) is 4.67. The summed E-state index contributed by atoms with van der Waals surface area (Å²) in [4.78, 5) is 0. The lowest BCUT2D eigenvalue weighted by Gasteiger charge is -2.22. The van der Waals surface area contributed by atoms with Gasteiger partial charge in [0.15, 0.2) is 0 Å². The van der Waals surface area contributed by atoms with E-state index in [1.165, 1.54) is 5.56 Å². The molecule has 0 saturated carbocycles. The molecule has 1 saturated heterocycles. The van der Waals surface area contributed by atoms with E-state index in [4.69, 9.17) is 15.2 Å². The van der Waals surface area contributed by atoms with Gasteiger partial charge in [-0.1, -0.05) is 12.1 Å². The van der Waals surface area contributed by atoms with E-state index in [0.717, 1.165) is 44.0 Å². The van der Waals surface area contributed by atoms with Crippen molar-refractivity contribution in [2.24, 2.45) is 11.7 Å². The van der Waals surface area contributed by atoms with Crippen molar-refractivity contribution in [2.45, 2.75) is 26.3 Å². The molecule has 0 amide bonds. The Labute approximate surface area is 103 Å². The molecule has 0 aromatic heterocycles. The van der Waals surface area contributed by atoms with E-state index >= 15 is 0 Å². The molecule has 1 aliphatic rings. The van der Waals surface area contributed by atoms with E-state index in [2.05, 4.69) is 13.0 Å². The molecular formula is C14H21NO2. The summed E-state index contributed by atoms with van der Waals surface area (Å²) in [7, 11) is 0. The molecule has 2 N–H and O–H groups in total. The van der Waals surface area contributed by atoms with Crippen LogP contribution in [0.25, 0.3) is 0 Å². The van der Waals surface area contributed by atoms with Crippen molar-refractivity contribution in [3.8, 4) is 5.75 Å². The predicted molar refractivity (Wildman–Crippen MR) is 68.1 cm³/mol. The first-order valence-corrected chi connectivity index (χ1v) is 6.29. The lowest BCUT2D eigenvalue weighted by Crippen LogP contribution is -2.21. The van der Waals surface area contributed by atoms with E-state index in [0.29, 0.717) is 12.5 Å². The molecule has 2 rings (SSSR count). The Balaban J connectivity index is 1.89. The van der Waals surface area contributed by atoms with Gasteiger partial charge in [-0.25, -0.2) is 0 Å². The van der Waals surface area contributed by atoms with Crippen LogP contribution in [0.15, 0.2) is 18.2 Å². The molecule has 1 aromatic rings. The standard InChI is InChI=1S/C14H21NO2/c1-11-8-13(9-15)2-3-14(11)17-10-12-4-6-16-7-5-12/h2-3,8,12H,4-7,9-10,15H2,1H3. The normalized spacial score (nSPS) is 17.1. The van der Waals surface area contributed by atoms with Crippen LogP contribution in [0.1, 0.15) is 24.0 Å². The number of nitrogens with two attached hydrogens (primary N) is 1. The number of aryl methyl sites for hydroxylation is 1. The quantitative estimate of drug-likeness (QED) is 0.870. The highest BCUT2D eigenvalue weighted by atomic mass is 16.5. The van der Waals surface area contributed by atoms with Crippen LogP contribution in [0.3, 0.4) is 0 Å². The fourth-order valence-electron chi connectivity index (χ4n) is 2.12. The Morgan fingerprint density at radius 2 is 2.12 bits per heavy atom. The van der Waals surface area contributed by atoms with Gasteiger partial charge < -0.3 is 15.2 Å². The van der Waals surface area contributed by atoms with Gasteiger partial charge in [-0.2, -0.15) is 0 Å². The van der Waals surface area contributed by atoms with Crippen molar-refractivity contribution in [2.75, 3.05) is 19.8 Å². The molecule has 1 aliphatic heterocycles. The van der Waals surface area contributed by atoms with Gasteiger partial charge in [-0.05, 0) is 42.9 Å². The van der Waals surface area contributed by atoms with Crippen molar-refractivity contribution in [1.29, 1.82) is 0 Å². The summed E-state index contributed by atoms with van der Waals surface area (Å²) in [5.41, 5.74) is 7.93. The molecule has 1 fully saturated rings. The van der Waals surface area contributed by atoms with Crippen LogP contribution in [-0.4, -0.2) is 19.8 Å². The summed E-state index contributed by atoms with van der Waals surface area (Å²) in [6.07, 6.45) is 2.22. The predicted octanol–water partition coefficient (Wildman–Crippen LogP) is 2.26. The minimum atomic E-state index is 0.584. The van der Waals surface area contributed by atoms with E-state index < -0.39 is 0 Å². The first-order valence-electron chi connectivity index (χ1n) is 6.29. The summed E-state index contributed by atoms with van der Waals surface area (Å²) < 4.78 is 11.2. The van der Waals surface area contributed by atoms with Crippen molar-refractivity contribution in [1.82, 2.24) is 0 Å². The van der Waals surface area contributed by atoms with Crippen LogP contribution in [0.5, 0.6) is 5.75 Å². The Bertz CT molecular complexity index is 359. The number of ether oxygens (including phenoxy) is 2. The lowest BCUT2D eigenvalue weighted by molar-refractivity contribution is 0.0496. The number of benzene rings is 1. The molecule has 3 nitrogen and oxygen atoms in total. The molecule has 0 radical (unpaired) electrons. The Hall–Kier alpha value is -1.06. The van der Waals surface area contributed by atoms with Gasteiger partial charge in [-0.15, -0.1) is 0 Å². The van der Waals surface area contributed by atoms with E-state index in [-0.39, 0.29) is 0 Å². The third kappa shape index (κ3) is 3.45. The highest BCUT2D eigenvalue weighted by Gasteiger charge is 2.14. The molecule has 0 aliphatic carbocycles. The minimum absolute atomic E-state index is 0.584. The van der Waals surface area contributed by atoms with Gasteiger partial charge in [0.05, 0.1) is 6.61 Å². The van der Waals surface area contributed by atoms with Crippen LogP contribution < -0.4 is 10.5 Å². The van der Waals surface area contributed by atoms with Crippen molar-refractivity contribution in [3.63, 3.8) is 0 Å². The van der Waals surface area contributed by atoms with Gasteiger partial charge >= 0.3 is 0 Å². The third-order valence-corrected chi connectivity index (χ3v) is 3.29. The Morgan fingerprint density at radius 1 is 1.35 bits per heavy atom. The first kappa shape index (κ1) is 12.4. The molecule has 1 heterocycles. The summed E-state index contributed by atoms with van der Waals surface area (Å²) >= 11 is 0. The van der Waals surface area contributed by atoms with Crippen LogP contribution in [0.4, 0.5) is 0 Å². The van der Waals surface area contributed by atoms with E-state index in [1.54, 1.807) is 0 Å². The van der Waals surface area contributed by atoms with Crippen LogP contribution in [0.2, 0.25) is 0 Å². The monoisotopic (exact) mass is 235 g/mol. The van der Waals surface area contributed by atoms with Crippen molar-refractivity contribution >= 4 is 0 Å². The molecule has 0 atom stereocenters. The van der Waals surface area contributed by atoms with Crippen molar-refractivity contribution < 1.29 is 9.47 Å². The highest BCUT2D eigenvalue weighted by Crippen LogP contribution is 2.22. The number of hydrogen-bond donors (Lipinski definition) is 1. The fraction of sp³-hybridized carbons (Fsp3) is 0.571. The van der Waals surface area contributed by atoms with Gasteiger partial charge in [0.25, 0.3) is 0 Å². The smallest absolute Gasteiger partial charge is 0.122 e. The summed E-state index contributed by atoms with van der Waals surface area (Å²) in [5.74, 6) is 1.62. The van der Waals surface area contributed by atoms with Gasteiger partial charge in [-0.3, -0.25) is 0 Å². The first-order chi connectivity index (χ1) is 8.29. The van der Waals surface area contributed by atoms with E-state index in [9.17, 15) is 0 Å². The van der Waals surface area contributed by atoms with Gasteiger partial charge in [0, 0.05) is 19.8 Å². The Kier molecular flexibility index (Phi) is 4.40. The van der Waals surface area contributed by atoms with Gasteiger partial charge in [0.2, 0.25) is 0 Å². The molecule has 0 unspecified atom stereocenters. The average molecular weight is 235 g/mol. The molecule has 17 heavy (non-hydrogen) atoms. The average Bonchev–Trinajstić information content (AvgIpc) is 2.38. The molecule has 3 heteroatoms. The van der Waals surface area contributed by atoms with E-state index in [1.807, 2.05) is 12.1 Å². The molecule has 0 spiro atoms. The fourth-order valence-corrected chi connectivity index (χ4v) is 2.12. The second kappa shape index (κ2) is 6.03.